The number of fused-ring (bicyclic) bond motifs is 2. The van der Waals surface area contributed by atoms with Crippen LogP contribution in [-0.2, 0) is 30.3 Å². The number of carbonyl (C=O) groups is 1. The quantitative estimate of drug-likeness (QED) is 0.110. The minimum Gasteiger partial charge on any atom is -0.512 e. The molecule has 1 aromatic heterocycles. The molecular weight excluding hydrogens is 719 g/mol. The molecule has 44 heavy (non-hydrogen) atoms. The largest absolute Gasteiger partial charge is 0.512 e. The standard InChI is InChI=1S/C35H30N.C5H8O2.Ir/c1-23(2)27-16-15-25-17-18-36-34(30(25)19-27)28-20-29(24-11-7-5-8-12-24)31-22-32(26-13-9-6-10-14-26)35(3,4)33(31)21-28;1-4(6)3-5(2)7;/h5-20,22-23H,1-4H3;3,6H,1-2H3;/q-1;;/b;4-3-;. The predicted molar refractivity (Wildman–Crippen MR) is 180 cm³/mol. The first-order valence-electron chi connectivity index (χ1n) is 14.8. The van der Waals surface area contributed by atoms with Gasteiger partial charge in [-0.1, -0.05) is 124 Å². The van der Waals surface area contributed by atoms with Gasteiger partial charge >= 0.3 is 0 Å². The van der Waals surface area contributed by atoms with E-state index in [2.05, 4.69) is 131 Å². The number of aromatic nitrogens is 1. The van der Waals surface area contributed by atoms with Crippen molar-refractivity contribution < 1.29 is 30.0 Å². The number of pyridine rings is 1. The van der Waals surface area contributed by atoms with Crippen molar-refractivity contribution in [3.8, 4) is 22.4 Å². The van der Waals surface area contributed by atoms with Crippen LogP contribution < -0.4 is 0 Å². The first-order chi connectivity index (χ1) is 20.6. The zero-order valence-electron chi connectivity index (χ0n) is 26.1. The SMILES string of the molecule is CC(=O)/C=C(/C)O.CC(C)c1ccc2ccnc(-c3[c-]c4c(c(-c5ccccc5)c3)C=C(c3ccccc3)C4(C)C)c2c1.[Ir]. The fourth-order valence-electron chi connectivity index (χ4n) is 5.80. The molecule has 1 heterocycles. The summed E-state index contributed by atoms with van der Waals surface area (Å²) in [4.78, 5) is 14.9. The number of ketones is 1. The number of rotatable bonds is 5. The summed E-state index contributed by atoms with van der Waals surface area (Å²) in [6.07, 6.45) is 5.47. The number of hydrogen-bond donors (Lipinski definition) is 1. The van der Waals surface area contributed by atoms with Crippen LogP contribution in [0.5, 0.6) is 0 Å². The summed E-state index contributed by atoms with van der Waals surface area (Å²) in [6.45, 7) is 12.0. The summed E-state index contributed by atoms with van der Waals surface area (Å²) in [5.41, 5.74) is 10.7. The Morgan fingerprint density at radius 3 is 2.09 bits per heavy atom. The van der Waals surface area contributed by atoms with Gasteiger partial charge in [0.2, 0.25) is 0 Å². The fraction of sp³-hybridized carbons (Fsp3) is 0.200. The molecule has 1 aliphatic carbocycles. The molecule has 0 spiro atoms. The maximum atomic E-state index is 10.0. The smallest absolute Gasteiger partial charge is 0.155 e. The Morgan fingerprint density at radius 2 is 1.52 bits per heavy atom. The van der Waals surface area contributed by atoms with Crippen LogP contribution in [0.4, 0.5) is 0 Å². The van der Waals surface area contributed by atoms with Crippen molar-refractivity contribution in [2.75, 3.05) is 0 Å². The van der Waals surface area contributed by atoms with Gasteiger partial charge in [0.1, 0.15) is 0 Å². The summed E-state index contributed by atoms with van der Waals surface area (Å²) >= 11 is 0. The minimum atomic E-state index is -0.177. The van der Waals surface area contributed by atoms with Gasteiger partial charge in [0.05, 0.1) is 5.76 Å². The van der Waals surface area contributed by atoms with Gasteiger partial charge in [-0.15, -0.1) is 23.3 Å². The Kier molecular flexibility index (Phi) is 10.2. The van der Waals surface area contributed by atoms with Crippen LogP contribution in [0.15, 0.2) is 109 Å². The predicted octanol–water partition coefficient (Wildman–Crippen LogP) is 10.4. The third-order valence-corrected chi connectivity index (χ3v) is 7.99. The Hall–Kier alpha value is -4.11. The molecule has 0 fully saturated rings. The second kappa shape index (κ2) is 13.7. The number of allylic oxidation sites excluding steroid dienone is 3. The maximum absolute atomic E-state index is 10.0. The summed E-state index contributed by atoms with van der Waals surface area (Å²) < 4.78 is 0. The van der Waals surface area contributed by atoms with Gasteiger partial charge in [0.15, 0.2) is 5.78 Å². The van der Waals surface area contributed by atoms with Gasteiger partial charge in [-0.05, 0) is 70.0 Å². The fourth-order valence-corrected chi connectivity index (χ4v) is 5.80. The molecule has 4 heteroatoms. The Balaban J connectivity index is 0.000000497. The van der Waals surface area contributed by atoms with Crippen molar-refractivity contribution in [2.45, 2.75) is 52.9 Å². The molecule has 0 saturated heterocycles. The van der Waals surface area contributed by atoms with Crippen molar-refractivity contribution in [2.24, 2.45) is 0 Å². The molecule has 0 amide bonds. The van der Waals surface area contributed by atoms with Crippen molar-refractivity contribution in [1.82, 2.24) is 4.98 Å². The number of aliphatic hydroxyl groups excluding tert-OH is 1. The Bertz CT molecular complexity index is 1850. The van der Waals surface area contributed by atoms with E-state index in [0.29, 0.717) is 5.92 Å². The first-order valence-corrected chi connectivity index (χ1v) is 14.8. The molecule has 5 aromatic rings. The van der Waals surface area contributed by atoms with E-state index in [1.807, 2.05) is 6.20 Å². The molecule has 0 atom stereocenters. The first kappa shape index (κ1) is 32.8. The van der Waals surface area contributed by atoms with Gasteiger partial charge < -0.3 is 10.1 Å². The molecule has 225 valence electrons. The summed E-state index contributed by atoms with van der Waals surface area (Å²) in [5.74, 6) is 0.399. The zero-order valence-corrected chi connectivity index (χ0v) is 28.5. The minimum absolute atomic E-state index is 0. The van der Waals surface area contributed by atoms with Crippen LogP contribution in [-0.4, -0.2) is 15.9 Å². The van der Waals surface area contributed by atoms with Crippen LogP contribution in [0.2, 0.25) is 0 Å². The zero-order chi connectivity index (χ0) is 30.7. The summed E-state index contributed by atoms with van der Waals surface area (Å²) in [6, 6.07) is 36.5. The molecule has 0 unspecified atom stereocenters. The van der Waals surface area contributed by atoms with Crippen molar-refractivity contribution >= 4 is 28.2 Å². The Labute approximate surface area is 274 Å². The second-order valence-electron chi connectivity index (χ2n) is 12.0. The number of hydrogen-bond acceptors (Lipinski definition) is 3. The van der Waals surface area contributed by atoms with E-state index in [1.54, 1.807) is 0 Å². The van der Waals surface area contributed by atoms with Crippen molar-refractivity contribution in [3.05, 3.63) is 137 Å². The van der Waals surface area contributed by atoms with Gasteiger partial charge in [0.25, 0.3) is 0 Å². The van der Waals surface area contributed by atoms with Crippen LogP contribution >= 0.6 is 0 Å². The third kappa shape index (κ3) is 6.83. The molecule has 1 aliphatic rings. The van der Waals surface area contributed by atoms with Gasteiger partial charge in [-0.25, -0.2) is 0 Å². The molecule has 0 saturated carbocycles. The van der Waals surface area contributed by atoms with Crippen LogP contribution in [0.3, 0.4) is 0 Å². The monoisotopic (exact) mass is 757 g/mol. The Morgan fingerprint density at radius 1 is 0.886 bits per heavy atom. The van der Waals surface area contributed by atoms with E-state index in [1.165, 1.54) is 69.6 Å². The molecule has 3 nitrogen and oxygen atoms in total. The van der Waals surface area contributed by atoms with Crippen LogP contribution in [0, 0.1) is 6.07 Å². The summed E-state index contributed by atoms with van der Waals surface area (Å²) in [7, 11) is 0. The number of carbonyl (C=O) groups excluding carboxylic acids is 1. The van der Waals surface area contributed by atoms with Crippen molar-refractivity contribution in [1.29, 1.82) is 0 Å². The maximum Gasteiger partial charge on any atom is 0.155 e. The van der Waals surface area contributed by atoms with Crippen LogP contribution in [0.1, 0.15) is 69.7 Å². The average molecular weight is 757 g/mol. The third-order valence-electron chi connectivity index (χ3n) is 7.99. The number of nitrogens with zero attached hydrogens (tertiary/aromatic N) is 1. The van der Waals surface area contributed by atoms with Gasteiger partial charge in [-0.3, -0.25) is 4.79 Å². The molecular formula is C40H38IrNO2-. The van der Waals surface area contributed by atoms with E-state index >= 15 is 0 Å². The normalized spacial score (nSPS) is 13.4. The van der Waals surface area contributed by atoms with E-state index in [9.17, 15) is 4.79 Å². The average Bonchev–Trinajstić information content (AvgIpc) is 3.26. The molecule has 6 rings (SSSR count). The van der Waals surface area contributed by atoms with E-state index in [-0.39, 0.29) is 37.1 Å². The molecule has 1 N–H and O–H groups in total. The van der Waals surface area contributed by atoms with Crippen molar-refractivity contribution in [3.63, 3.8) is 0 Å². The topological polar surface area (TPSA) is 50.2 Å². The van der Waals surface area contributed by atoms with Gasteiger partial charge in [0, 0.05) is 32.4 Å². The van der Waals surface area contributed by atoms with Gasteiger partial charge in [-0.2, -0.15) is 0 Å². The molecule has 0 bridgehead atoms. The molecule has 4 aromatic carbocycles. The second-order valence-corrected chi connectivity index (χ2v) is 12.0. The summed E-state index contributed by atoms with van der Waals surface area (Å²) in [5, 5.41) is 10.8. The molecule has 1 radical (unpaired) electrons. The number of benzene rings is 4. The van der Waals surface area contributed by atoms with E-state index < -0.39 is 0 Å². The van der Waals surface area contributed by atoms with E-state index in [0.717, 1.165) is 11.3 Å². The number of aliphatic hydroxyl groups is 1. The molecule has 0 aliphatic heterocycles. The van der Waals surface area contributed by atoms with Crippen LogP contribution in [0.25, 0.3) is 44.8 Å². The van der Waals surface area contributed by atoms with E-state index in [4.69, 9.17) is 10.1 Å².